The lowest BCUT2D eigenvalue weighted by molar-refractivity contribution is -0.123. The summed E-state index contributed by atoms with van der Waals surface area (Å²) in [5.41, 5.74) is 10.4. The highest BCUT2D eigenvalue weighted by Crippen LogP contribution is 1.88. The number of carbonyl (C=O) groups excluding carboxylic acids is 2. The Kier molecular flexibility index (Phi) is 5.88. The van der Waals surface area contributed by atoms with E-state index in [0.717, 1.165) is 0 Å². The molecule has 0 aliphatic heterocycles. The number of rotatable bonds is 6. The quantitative estimate of drug-likeness (QED) is 0.470. The van der Waals surface area contributed by atoms with Crippen LogP contribution in [0.2, 0.25) is 0 Å². The molecule has 13 heavy (non-hydrogen) atoms. The Hall–Kier alpha value is -1.10. The SMILES string of the molecule is CC[C@@H](N)C(=O)NCCCC(N)=O. The van der Waals surface area contributed by atoms with Gasteiger partial charge in [0.2, 0.25) is 11.8 Å². The van der Waals surface area contributed by atoms with Gasteiger partial charge < -0.3 is 16.8 Å². The minimum Gasteiger partial charge on any atom is -0.370 e. The molecule has 5 N–H and O–H groups in total. The van der Waals surface area contributed by atoms with Crippen molar-refractivity contribution in [2.75, 3.05) is 6.54 Å². The van der Waals surface area contributed by atoms with Crippen LogP contribution in [0.25, 0.3) is 0 Å². The van der Waals surface area contributed by atoms with Crippen molar-refractivity contribution in [2.24, 2.45) is 11.5 Å². The zero-order chi connectivity index (χ0) is 10.3. The minimum atomic E-state index is -0.450. The van der Waals surface area contributed by atoms with Crippen LogP contribution in [0, 0.1) is 0 Å². The molecule has 0 aliphatic rings. The van der Waals surface area contributed by atoms with Crippen LogP contribution in [0.1, 0.15) is 26.2 Å². The predicted molar refractivity (Wildman–Crippen MR) is 49.7 cm³/mol. The van der Waals surface area contributed by atoms with E-state index in [2.05, 4.69) is 5.32 Å². The van der Waals surface area contributed by atoms with Crippen LogP contribution >= 0.6 is 0 Å². The van der Waals surface area contributed by atoms with E-state index in [1.54, 1.807) is 0 Å². The largest absolute Gasteiger partial charge is 0.370 e. The molecule has 0 fully saturated rings. The molecular formula is C8H17N3O2. The maximum absolute atomic E-state index is 11.1. The molecule has 5 nitrogen and oxygen atoms in total. The van der Waals surface area contributed by atoms with E-state index in [4.69, 9.17) is 11.5 Å². The smallest absolute Gasteiger partial charge is 0.236 e. The highest BCUT2D eigenvalue weighted by molar-refractivity contribution is 5.81. The lowest BCUT2D eigenvalue weighted by Gasteiger charge is -2.08. The van der Waals surface area contributed by atoms with E-state index in [1.165, 1.54) is 0 Å². The molecule has 1 atom stereocenters. The molecule has 0 spiro atoms. The molecule has 2 amide bonds. The summed E-state index contributed by atoms with van der Waals surface area (Å²) in [6.45, 7) is 2.29. The van der Waals surface area contributed by atoms with E-state index in [0.29, 0.717) is 25.8 Å². The summed E-state index contributed by atoms with van der Waals surface area (Å²) in [4.78, 5) is 21.4. The van der Waals surface area contributed by atoms with Gasteiger partial charge in [-0.3, -0.25) is 9.59 Å². The number of amides is 2. The number of nitrogens with two attached hydrogens (primary N) is 2. The average molecular weight is 187 g/mol. The number of hydrogen-bond donors (Lipinski definition) is 3. The van der Waals surface area contributed by atoms with Gasteiger partial charge in [0.05, 0.1) is 6.04 Å². The monoisotopic (exact) mass is 187 g/mol. The highest BCUT2D eigenvalue weighted by Gasteiger charge is 2.09. The van der Waals surface area contributed by atoms with Crippen LogP contribution in [-0.2, 0) is 9.59 Å². The predicted octanol–water partition coefficient (Wildman–Crippen LogP) is -0.895. The fourth-order valence-electron chi connectivity index (χ4n) is 0.791. The lowest BCUT2D eigenvalue weighted by Crippen LogP contribution is -2.40. The molecule has 0 saturated carbocycles. The van der Waals surface area contributed by atoms with E-state index in [9.17, 15) is 9.59 Å². The summed E-state index contributed by atoms with van der Waals surface area (Å²) in [6, 6.07) is -0.450. The molecule has 0 aliphatic carbocycles. The zero-order valence-electron chi connectivity index (χ0n) is 7.88. The molecule has 0 aromatic rings. The Labute approximate surface area is 77.8 Å². The second kappa shape index (κ2) is 6.42. The molecule has 0 rings (SSSR count). The number of carbonyl (C=O) groups is 2. The van der Waals surface area contributed by atoms with Crippen LogP contribution in [0.4, 0.5) is 0 Å². The first-order valence-corrected chi connectivity index (χ1v) is 4.39. The van der Waals surface area contributed by atoms with E-state index in [1.807, 2.05) is 6.92 Å². The van der Waals surface area contributed by atoms with Crippen molar-refractivity contribution >= 4 is 11.8 Å². The van der Waals surface area contributed by atoms with Gasteiger partial charge in [-0.2, -0.15) is 0 Å². The van der Waals surface area contributed by atoms with Crippen LogP contribution in [0.15, 0.2) is 0 Å². The summed E-state index contributed by atoms with van der Waals surface area (Å²) < 4.78 is 0. The van der Waals surface area contributed by atoms with E-state index >= 15 is 0 Å². The van der Waals surface area contributed by atoms with Crippen LogP contribution < -0.4 is 16.8 Å². The van der Waals surface area contributed by atoms with Gasteiger partial charge in [-0.15, -0.1) is 0 Å². The van der Waals surface area contributed by atoms with Gasteiger partial charge in [-0.1, -0.05) is 6.92 Å². The third kappa shape index (κ3) is 6.10. The van der Waals surface area contributed by atoms with Gasteiger partial charge in [-0.25, -0.2) is 0 Å². The average Bonchev–Trinajstić information content (AvgIpc) is 2.10. The van der Waals surface area contributed by atoms with Crippen molar-refractivity contribution in [1.82, 2.24) is 5.32 Å². The number of nitrogens with one attached hydrogen (secondary N) is 1. The van der Waals surface area contributed by atoms with Crippen molar-refractivity contribution in [3.8, 4) is 0 Å². The fourth-order valence-corrected chi connectivity index (χ4v) is 0.791. The first-order valence-electron chi connectivity index (χ1n) is 4.39. The highest BCUT2D eigenvalue weighted by atomic mass is 16.2. The van der Waals surface area contributed by atoms with Crippen molar-refractivity contribution in [2.45, 2.75) is 32.2 Å². The molecule has 0 unspecified atom stereocenters. The lowest BCUT2D eigenvalue weighted by atomic mass is 10.2. The number of primary amides is 1. The zero-order valence-corrected chi connectivity index (χ0v) is 7.88. The second-order valence-electron chi connectivity index (χ2n) is 2.88. The van der Waals surface area contributed by atoms with Crippen molar-refractivity contribution in [3.63, 3.8) is 0 Å². The maximum Gasteiger partial charge on any atom is 0.236 e. The molecule has 0 aromatic carbocycles. The fraction of sp³-hybridized carbons (Fsp3) is 0.750. The Bertz CT molecular complexity index is 182. The topological polar surface area (TPSA) is 98.2 Å². The van der Waals surface area contributed by atoms with Gasteiger partial charge in [0, 0.05) is 13.0 Å². The molecule has 0 aromatic heterocycles. The molecule has 0 saturated heterocycles. The van der Waals surface area contributed by atoms with Gasteiger partial charge in [0.25, 0.3) is 0 Å². The van der Waals surface area contributed by atoms with Gasteiger partial charge in [-0.05, 0) is 12.8 Å². The molecule has 0 bridgehead atoms. The Morgan fingerprint density at radius 2 is 2.08 bits per heavy atom. The Balaban J connectivity index is 3.42. The van der Waals surface area contributed by atoms with Crippen LogP contribution in [-0.4, -0.2) is 24.4 Å². The normalized spacial score (nSPS) is 12.2. The maximum atomic E-state index is 11.1. The third-order valence-electron chi connectivity index (χ3n) is 1.68. The summed E-state index contributed by atoms with van der Waals surface area (Å²) in [7, 11) is 0. The summed E-state index contributed by atoms with van der Waals surface area (Å²) in [5, 5.41) is 2.62. The van der Waals surface area contributed by atoms with E-state index in [-0.39, 0.29) is 11.8 Å². The Morgan fingerprint density at radius 1 is 1.46 bits per heavy atom. The van der Waals surface area contributed by atoms with Crippen molar-refractivity contribution in [3.05, 3.63) is 0 Å². The van der Waals surface area contributed by atoms with Crippen LogP contribution in [0.5, 0.6) is 0 Å². The van der Waals surface area contributed by atoms with Crippen molar-refractivity contribution < 1.29 is 9.59 Å². The molecule has 0 radical (unpaired) electrons. The van der Waals surface area contributed by atoms with Gasteiger partial charge in [0.1, 0.15) is 0 Å². The van der Waals surface area contributed by atoms with Crippen LogP contribution in [0.3, 0.4) is 0 Å². The first kappa shape index (κ1) is 11.9. The van der Waals surface area contributed by atoms with Gasteiger partial charge >= 0.3 is 0 Å². The molecule has 0 heterocycles. The minimum absolute atomic E-state index is 0.174. The summed E-state index contributed by atoms with van der Waals surface area (Å²) in [5.74, 6) is -0.527. The first-order chi connectivity index (χ1) is 6.07. The van der Waals surface area contributed by atoms with Crippen molar-refractivity contribution in [1.29, 1.82) is 0 Å². The standard InChI is InChI=1S/C8H17N3O2/c1-2-6(9)8(13)11-5-3-4-7(10)12/h6H,2-5,9H2,1H3,(H2,10,12)(H,11,13)/t6-/m1/s1. The summed E-state index contributed by atoms with van der Waals surface area (Å²) >= 11 is 0. The molecular weight excluding hydrogens is 170 g/mol. The summed E-state index contributed by atoms with van der Waals surface area (Å²) in [6.07, 6.45) is 1.47. The Morgan fingerprint density at radius 3 is 2.54 bits per heavy atom. The third-order valence-corrected chi connectivity index (χ3v) is 1.68. The van der Waals surface area contributed by atoms with E-state index < -0.39 is 6.04 Å². The second-order valence-corrected chi connectivity index (χ2v) is 2.88. The molecule has 5 heteroatoms. The van der Waals surface area contributed by atoms with Gasteiger partial charge in [0.15, 0.2) is 0 Å². The number of hydrogen-bond acceptors (Lipinski definition) is 3. The molecule has 76 valence electrons.